The normalized spacial score (nSPS) is 11.7. The first-order chi connectivity index (χ1) is 73.0. The maximum Gasteiger partial charge on any atom is 0.143 e. The van der Waals surface area contributed by atoms with Crippen LogP contribution in [0, 0.1) is 0 Å². The number of hydrogen-bond acceptors (Lipinski definition) is 3. The minimum absolute atomic E-state index is 0.898. The number of para-hydroxylation sites is 3. The van der Waals surface area contributed by atoms with Gasteiger partial charge in [0, 0.05) is 43.4 Å². The van der Waals surface area contributed by atoms with Crippen molar-refractivity contribution in [3.05, 3.63) is 546 Å². The molecule has 0 saturated heterocycles. The van der Waals surface area contributed by atoms with E-state index in [1.54, 1.807) is 0 Å². The summed E-state index contributed by atoms with van der Waals surface area (Å²) < 4.78 is 20.0. The molecule has 0 atom stereocenters. The SMILES string of the molecule is c1ccc(-c2cc(-c3c4ccccc4c(-c4ccccc4-c4cccc5ccccc45)c4ccccc34)c3c(c2)oc2ccccc23)cc1.c1ccc(-c2ccc(-c3c4ccccc4c(-c4ccccc4-c4cccc5ccccc45)c4ccccc34)c3c2oc2ccccc23)cc1.c1ccc(-c2cccc3c2oc2cccc(-c4c5ccccc5c(-c5ccccc5-c5cccc6ccccc56)c5ccccc45)c23)cc1. The van der Waals surface area contributed by atoms with E-state index in [9.17, 15) is 0 Å². The third kappa shape index (κ3) is 14.4. The standard InChI is InChI=1S/3C48H30O/c1-2-15-32(16-3-1)34-26-13-29-43-47-42(28-14-30-44(47)49-48(34)43)46-40-24-10-8-22-38(40)45(39-23-9-11-25-41(39)46)37-21-7-6-20-36(37)35-27-12-18-31-17-4-5-19-33(31)35;1-2-15-31(16-3-1)33-29-43(48-42-26-12-13-28-44(42)49-45(48)30-33)47-40-24-10-8-22-38(40)46(39-23-9-11-25-41(39)47)37-21-7-6-20-36(37)35-27-14-18-32-17-4-5-19-34(32)35;1-2-15-32(16-3-1)34-29-30-43(47-42-26-12-13-28-44(42)49-48(34)47)46-40-24-10-8-22-38(40)45(39-23-9-11-25-41(39)46)37-21-7-6-20-36(37)35-27-14-18-31-17-4-5-19-33(31)35/h3*1-30H. The predicted octanol–water partition coefficient (Wildman–Crippen LogP) is 41.1. The maximum absolute atomic E-state index is 6.72. The Bertz CT molecular complexity index is 10300. The topological polar surface area (TPSA) is 39.4 Å². The molecule has 0 bridgehead atoms. The zero-order chi connectivity index (χ0) is 96.9. The molecular weight excluding hydrogens is 1780 g/mol. The van der Waals surface area contributed by atoms with Gasteiger partial charge in [0.15, 0.2) is 0 Å². The molecule has 0 aliphatic rings. The molecule has 3 aromatic heterocycles. The fourth-order valence-corrected chi connectivity index (χ4v) is 23.9. The number of hydrogen-bond donors (Lipinski definition) is 0. The van der Waals surface area contributed by atoms with E-state index in [4.69, 9.17) is 13.3 Å². The van der Waals surface area contributed by atoms with Crippen molar-refractivity contribution < 1.29 is 13.3 Å². The highest BCUT2D eigenvalue weighted by Gasteiger charge is 2.30. The molecule has 0 saturated carbocycles. The first kappa shape index (κ1) is 85.6. The van der Waals surface area contributed by atoms with Gasteiger partial charge in [-0.3, -0.25) is 0 Å². The Morgan fingerprint density at radius 3 is 0.748 bits per heavy atom. The zero-order valence-corrected chi connectivity index (χ0v) is 80.2. The van der Waals surface area contributed by atoms with E-state index in [1.165, 1.54) is 203 Å². The first-order valence-corrected chi connectivity index (χ1v) is 50.6. The highest BCUT2D eigenvalue weighted by Crippen LogP contribution is 2.56. The number of benzene rings is 27. The molecule has 30 rings (SSSR count). The Morgan fingerprint density at radius 2 is 0.340 bits per heavy atom. The fraction of sp³-hybridized carbons (Fsp3) is 0. The summed E-state index contributed by atoms with van der Waals surface area (Å²) >= 11 is 0. The molecule has 3 heteroatoms. The lowest BCUT2D eigenvalue weighted by Crippen LogP contribution is -1.94. The van der Waals surface area contributed by atoms with Crippen molar-refractivity contribution >= 4 is 163 Å². The predicted molar refractivity (Wildman–Crippen MR) is 624 cm³/mol. The van der Waals surface area contributed by atoms with Gasteiger partial charge in [-0.25, -0.2) is 0 Å². The van der Waals surface area contributed by atoms with E-state index in [0.717, 1.165) is 93.6 Å². The second kappa shape index (κ2) is 36.0. The number of rotatable bonds is 12. The van der Waals surface area contributed by atoms with Gasteiger partial charge in [0.05, 0.1) is 0 Å². The van der Waals surface area contributed by atoms with Gasteiger partial charge in [-0.1, -0.05) is 510 Å². The van der Waals surface area contributed by atoms with Gasteiger partial charge in [0.25, 0.3) is 0 Å². The Labute approximate surface area is 849 Å². The van der Waals surface area contributed by atoms with Crippen LogP contribution in [-0.4, -0.2) is 0 Å². The van der Waals surface area contributed by atoms with E-state index in [1.807, 2.05) is 0 Å². The van der Waals surface area contributed by atoms with Crippen molar-refractivity contribution in [1.29, 1.82) is 0 Å². The van der Waals surface area contributed by atoms with Gasteiger partial charge in [-0.15, -0.1) is 0 Å². The summed E-state index contributed by atoms with van der Waals surface area (Å²) in [4.78, 5) is 0. The summed E-state index contributed by atoms with van der Waals surface area (Å²) in [6.07, 6.45) is 0. The van der Waals surface area contributed by atoms with Gasteiger partial charge in [-0.2, -0.15) is 0 Å². The van der Waals surface area contributed by atoms with Crippen LogP contribution >= 0.6 is 0 Å². The summed E-state index contributed by atoms with van der Waals surface area (Å²) in [5.74, 6) is 0. The molecule has 0 aliphatic heterocycles. The maximum atomic E-state index is 6.72. The second-order valence-electron chi connectivity index (χ2n) is 38.3. The number of fused-ring (bicyclic) bond motifs is 18. The lowest BCUT2D eigenvalue weighted by molar-refractivity contribution is 0.669. The van der Waals surface area contributed by atoms with E-state index >= 15 is 0 Å². The molecule has 0 unspecified atom stereocenters. The molecule has 27 aromatic carbocycles. The molecule has 0 fully saturated rings. The molecule has 147 heavy (non-hydrogen) atoms. The van der Waals surface area contributed by atoms with Gasteiger partial charge in [0.1, 0.15) is 33.5 Å². The second-order valence-corrected chi connectivity index (χ2v) is 38.3. The summed E-state index contributed by atoms with van der Waals surface area (Å²) in [7, 11) is 0. The fourth-order valence-electron chi connectivity index (χ4n) is 23.9. The van der Waals surface area contributed by atoms with Crippen LogP contribution in [0.25, 0.3) is 296 Å². The van der Waals surface area contributed by atoms with Gasteiger partial charge in [0.2, 0.25) is 0 Å². The average Bonchev–Trinajstić information content (AvgIpc) is 1.70. The third-order valence-electron chi connectivity index (χ3n) is 30.2. The van der Waals surface area contributed by atoms with Crippen LogP contribution in [0.4, 0.5) is 0 Å². The minimum atomic E-state index is 0.898. The minimum Gasteiger partial charge on any atom is -0.456 e. The van der Waals surface area contributed by atoms with E-state index < -0.39 is 0 Å². The van der Waals surface area contributed by atoms with Crippen molar-refractivity contribution in [2.24, 2.45) is 0 Å². The zero-order valence-electron chi connectivity index (χ0n) is 80.2. The van der Waals surface area contributed by atoms with Crippen molar-refractivity contribution in [2.45, 2.75) is 0 Å². The summed E-state index contributed by atoms with van der Waals surface area (Å²) in [6, 6.07) is 197. The summed E-state index contributed by atoms with van der Waals surface area (Å²) in [5.41, 5.74) is 34.4. The molecular formula is C144H90O3. The van der Waals surface area contributed by atoms with Gasteiger partial charge in [-0.05, 0) is 256 Å². The Hall–Kier alpha value is -19.3. The van der Waals surface area contributed by atoms with E-state index in [2.05, 4.69) is 546 Å². The van der Waals surface area contributed by atoms with Crippen LogP contribution in [0.1, 0.15) is 0 Å². The van der Waals surface area contributed by atoms with Crippen LogP contribution in [0.15, 0.2) is 559 Å². The Balaban J connectivity index is 0.000000107. The lowest BCUT2D eigenvalue weighted by Gasteiger charge is -2.21. The van der Waals surface area contributed by atoms with Crippen LogP contribution in [0.2, 0.25) is 0 Å². The lowest BCUT2D eigenvalue weighted by atomic mass is 9.82. The molecule has 0 N–H and O–H groups in total. The molecule has 30 aromatic rings. The third-order valence-corrected chi connectivity index (χ3v) is 30.2. The highest BCUT2D eigenvalue weighted by atomic mass is 16.3. The largest absolute Gasteiger partial charge is 0.456 e. The summed E-state index contributed by atoms with van der Waals surface area (Å²) in [5, 5.41) is 29.1. The smallest absolute Gasteiger partial charge is 0.143 e. The van der Waals surface area contributed by atoms with Crippen LogP contribution in [0.3, 0.4) is 0 Å². The highest BCUT2D eigenvalue weighted by molar-refractivity contribution is 6.32. The van der Waals surface area contributed by atoms with Crippen molar-refractivity contribution in [3.8, 4) is 134 Å². The molecule has 684 valence electrons. The molecule has 0 amide bonds. The van der Waals surface area contributed by atoms with Gasteiger partial charge < -0.3 is 13.3 Å². The molecule has 0 spiro atoms. The van der Waals surface area contributed by atoms with Crippen molar-refractivity contribution in [1.82, 2.24) is 0 Å². The summed E-state index contributed by atoms with van der Waals surface area (Å²) in [6.45, 7) is 0. The molecule has 3 nitrogen and oxygen atoms in total. The number of furan rings is 3. The Morgan fingerprint density at radius 1 is 0.102 bits per heavy atom. The van der Waals surface area contributed by atoms with Crippen LogP contribution < -0.4 is 0 Å². The molecule has 0 aliphatic carbocycles. The average molecular weight is 1870 g/mol. The monoisotopic (exact) mass is 1870 g/mol. The quantitative estimate of drug-likeness (QED) is 0.114. The van der Waals surface area contributed by atoms with Crippen LogP contribution in [0.5, 0.6) is 0 Å². The van der Waals surface area contributed by atoms with Crippen LogP contribution in [-0.2, 0) is 0 Å². The van der Waals surface area contributed by atoms with Crippen molar-refractivity contribution in [2.75, 3.05) is 0 Å². The van der Waals surface area contributed by atoms with E-state index in [0.29, 0.717) is 0 Å². The first-order valence-electron chi connectivity index (χ1n) is 50.6. The van der Waals surface area contributed by atoms with Crippen molar-refractivity contribution in [3.63, 3.8) is 0 Å². The molecule has 3 heterocycles. The Kier molecular flexibility index (Phi) is 21.0. The molecule has 0 radical (unpaired) electrons. The van der Waals surface area contributed by atoms with E-state index in [-0.39, 0.29) is 0 Å². The van der Waals surface area contributed by atoms with Gasteiger partial charge >= 0.3 is 0 Å².